The lowest BCUT2D eigenvalue weighted by Crippen LogP contribution is -2.18. The average Bonchev–Trinajstić information content (AvgIpc) is 3.29. The predicted octanol–water partition coefficient (Wildman–Crippen LogP) is 4.94. The summed E-state index contributed by atoms with van der Waals surface area (Å²) in [6.07, 6.45) is -4.25. The minimum atomic E-state index is -4.76. The summed E-state index contributed by atoms with van der Waals surface area (Å²) < 4.78 is 63.0. The molecule has 2 aliphatic heterocycles. The van der Waals surface area contributed by atoms with E-state index in [0.717, 1.165) is 16.9 Å². The van der Waals surface area contributed by atoms with Crippen molar-refractivity contribution in [1.82, 2.24) is 4.98 Å². The molecule has 1 aromatic heterocycles. The number of hydrogen-bond acceptors (Lipinski definition) is 7. The molecule has 0 unspecified atom stereocenters. The summed E-state index contributed by atoms with van der Waals surface area (Å²) in [5.74, 6) is 0.811. The first-order valence-electron chi connectivity index (χ1n) is 10.2. The molecule has 3 heterocycles. The third kappa shape index (κ3) is 4.65. The van der Waals surface area contributed by atoms with Crippen molar-refractivity contribution in [1.29, 1.82) is 0 Å². The number of anilines is 1. The monoisotopic (exact) mass is 490 g/mol. The maximum atomic E-state index is 13.7. The average molecular weight is 490 g/mol. The lowest BCUT2D eigenvalue weighted by atomic mass is 10.0. The highest BCUT2D eigenvalue weighted by Crippen LogP contribution is 2.39. The molecule has 5 rings (SSSR count). The van der Waals surface area contributed by atoms with E-state index in [1.807, 2.05) is 0 Å². The molecule has 0 saturated carbocycles. The zero-order valence-electron chi connectivity index (χ0n) is 17.5. The van der Waals surface area contributed by atoms with Crippen LogP contribution in [0.1, 0.15) is 5.56 Å². The first-order chi connectivity index (χ1) is 16.4. The Bertz CT molecular complexity index is 1270. The van der Waals surface area contributed by atoms with Gasteiger partial charge in [-0.3, -0.25) is 10.1 Å². The highest BCUT2D eigenvalue weighted by atomic mass is 32.1. The van der Waals surface area contributed by atoms with E-state index < -0.39 is 17.7 Å². The van der Waals surface area contributed by atoms with Crippen molar-refractivity contribution in [2.24, 2.45) is 0 Å². The molecule has 0 radical (unpaired) electrons. The van der Waals surface area contributed by atoms with E-state index >= 15 is 0 Å². The number of hydrogen-bond donors (Lipinski definition) is 1. The first kappa shape index (κ1) is 22.1. The number of fused-ring (bicyclic) bond motifs is 2. The number of rotatable bonds is 4. The van der Waals surface area contributed by atoms with Crippen molar-refractivity contribution in [3.05, 3.63) is 53.4 Å². The van der Waals surface area contributed by atoms with E-state index in [2.05, 4.69) is 10.3 Å². The van der Waals surface area contributed by atoms with Crippen LogP contribution < -0.4 is 24.3 Å². The van der Waals surface area contributed by atoms with Gasteiger partial charge in [-0.2, -0.15) is 13.2 Å². The van der Waals surface area contributed by atoms with Crippen LogP contribution in [0.25, 0.3) is 16.8 Å². The van der Waals surface area contributed by atoms with Crippen molar-refractivity contribution in [3.63, 3.8) is 0 Å². The van der Waals surface area contributed by atoms with E-state index in [1.165, 1.54) is 18.2 Å². The zero-order valence-corrected chi connectivity index (χ0v) is 18.3. The van der Waals surface area contributed by atoms with Gasteiger partial charge in [-0.15, -0.1) is 11.3 Å². The highest BCUT2D eigenvalue weighted by molar-refractivity contribution is 7.14. The molecule has 7 nitrogen and oxygen atoms in total. The lowest BCUT2D eigenvalue weighted by Gasteiger charge is -2.20. The molecule has 0 saturated heterocycles. The Labute approximate surface area is 195 Å². The van der Waals surface area contributed by atoms with Crippen LogP contribution in [0.3, 0.4) is 0 Å². The van der Waals surface area contributed by atoms with Gasteiger partial charge >= 0.3 is 6.18 Å². The number of amides is 1. The van der Waals surface area contributed by atoms with Gasteiger partial charge in [0.1, 0.15) is 26.4 Å². The summed E-state index contributed by atoms with van der Waals surface area (Å²) in [6, 6.07) is 9.15. The minimum Gasteiger partial charge on any atom is -0.486 e. The SMILES string of the molecule is O=C(/C=C(/c1ccc2c(c1)OCCO2)C(F)(F)F)Nc1nc(-c2ccc3c(c2)OCCO3)cs1. The van der Waals surface area contributed by atoms with Gasteiger partial charge in [0.15, 0.2) is 28.1 Å². The largest absolute Gasteiger partial charge is 0.486 e. The number of benzene rings is 2. The van der Waals surface area contributed by atoms with Crippen molar-refractivity contribution in [2.75, 3.05) is 31.7 Å². The van der Waals surface area contributed by atoms with E-state index in [9.17, 15) is 18.0 Å². The number of nitrogens with zero attached hydrogens (tertiary/aromatic N) is 1. The normalized spacial score (nSPS) is 15.1. The van der Waals surface area contributed by atoms with Crippen LogP contribution in [0.5, 0.6) is 23.0 Å². The molecule has 0 aliphatic carbocycles. The van der Waals surface area contributed by atoms with Crippen molar-refractivity contribution < 1.29 is 36.9 Å². The molecule has 0 spiro atoms. The molecule has 11 heteroatoms. The van der Waals surface area contributed by atoms with Crippen molar-refractivity contribution in [3.8, 4) is 34.3 Å². The summed E-state index contributed by atoms with van der Waals surface area (Å²) in [7, 11) is 0. The number of thiazole rings is 1. The maximum Gasteiger partial charge on any atom is 0.417 e. The van der Waals surface area contributed by atoms with Crippen LogP contribution in [-0.2, 0) is 4.79 Å². The van der Waals surface area contributed by atoms with E-state index in [4.69, 9.17) is 18.9 Å². The van der Waals surface area contributed by atoms with Crippen LogP contribution in [0.4, 0.5) is 18.3 Å². The molecule has 1 N–H and O–H groups in total. The molecule has 2 aliphatic rings. The molecule has 176 valence electrons. The van der Waals surface area contributed by atoms with Crippen molar-refractivity contribution in [2.45, 2.75) is 6.18 Å². The Kier molecular flexibility index (Phi) is 5.78. The fourth-order valence-corrected chi connectivity index (χ4v) is 4.20. The molecule has 0 bridgehead atoms. The van der Waals surface area contributed by atoms with Gasteiger partial charge in [0.2, 0.25) is 0 Å². The second-order valence-electron chi connectivity index (χ2n) is 7.30. The third-order valence-corrected chi connectivity index (χ3v) is 5.76. The molecule has 3 aromatic rings. The fourth-order valence-electron chi connectivity index (χ4n) is 3.48. The minimum absolute atomic E-state index is 0.162. The quantitative estimate of drug-likeness (QED) is 0.522. The Balaban J connectivity index is 1.36. The van der Waals surface area contributed by atoms with E-state index in [0.29, 0.717) is 48.8 Å². The topological polar surface area (TPSA) is 78.9 Å². The van der Waals surface area contributed by atoms with Crippen LogP contribution in [0.15, 0.2) is 47.9 Å². The number of allylic oxidation sites excluding steroid dienone is 1. The second kappa shape index (κ2) is 8.90. The van der Waals surface area contributed by atoms with Gasteiger partial charge < -0.3 is 18.9 Å². The summed E-state index contributed by atoms with van der Waals surface area (Å²) >= 11 is 1.10. The summed E-state index contributed by atoms with van der Waals surface area (Å²) in [6.45, 7) is 1.46. The number of carbonyl (C=O) groups excluding carboxylic acids is 1. The number of nitrogens with one attached hydrogen (secondary N) is 1. The maximum absolute atomic E-state index is 13.7. The van der Waals surface area contributed by atoms with Gasteiger partial charge in [0.25, 0.3) is 5.91 Å². The van der Waals surface area contributed by atoms with Gasteiger partial charge in [-0.1, -0.05) is 6.07 Å². The third-order valence-electron chi connectivity index (χ3n) is 5.01. The summed E-state index contributed by atoms with van der Waals surface area (Å²) in [5, 5.41) is 4.26. The van der Waals surface area contributed by atoms with Crippen LogP contribution in [0.2, 0.25) is 0 Å². The first-order valence-corrected chi connectivity index (χ1v) is 11.1. The molecule has 0 atom stereocenters. The van der Waals surface area contributed by atoms with E-state index in [-0.39, 0.29) is 23.1 Å². The molecule has 1 amide bonds. The van der Waals surface area contributed by atoms with Gasteiger partial charge in [0.05, 0.1) is 11.3 Å². The summed E-state index contributed by atoms with van der Waals surface area (Å²) in [5.41, 5.74) is -0.0403. The predicted molar refractivity (Wildman–Crippen MR) is 119 cm³/mol. The second-order valence-corrected chi connectivity index (χ2v) is 8.16. The number of halogens is 3. The van der Waals surface area contributed by atoms with E-state index in [1.54, 1.807) is 23.6 Å². The lowest BCUT2D eigenvalue weighted by molar-refractivity contribution is -0.112. The zero-order chi connectivity index (χ0) is 23.7. The van der Waals surface area contributed by atoms with Gasteiger partial charge in [-0.05, 0) is 35.9 Å². The van der Waals surface area contributed by atoms with Crippen molar-refractivity contribution >= 4 is 27.9 Å². The van der Waals surface area contributed by atoms with Crippen LogP contribution >= 0.6 is 11.3 Å². The Morgan fingerprint density at radius 3 is 2.21 bits per heavy atom. The Morgan fingerprint density at radius 1 is 0.912 bits per heavy atom. The number of aromatic nitrogens is 1. The summed E-state index contributed by atoms with van der Waals surface area (Å²) in [4.78, 5) is 16.8. The molecule has 34 heavy (non-hydrogen) atoms. The highest BCUT2D eigenvalue weighted by Gasteiger charge is 2.36. The van der Waals surface area contributed by atoms with Gasteiger partial charge in [-0.25, -0.2) is 4.98 Å². The standard InChI is InChI=1S/C23H17F3N2O5S/c24-23(25,26)15(13-1-3-17-19(9-13)32-7-5-30-17)11-21(29)28-22-27-16(12-34-22)14-2-4-18-20(10-14)33-8-6-31-18/h1-4,9-12H,5-8H2,(H,27,28,29)/b15-11-. The Morgan fingerprint density at radius 2 is 1.53 bits per heavy atom. The van der Waals surface area contributed by atoms with Gasteiger partial charge in [0, 0.05) is 17.0 Å². The molecular weight excluding hydrogens is 473 g/mol. The van der Waals surface area contributed by atoms with Crippen LogP contribution in [0, 0.1) is 0 Å². The Hall–Kier alpha value is -3.73. The fraction of sp³-hybridized carbons (Fsp3) is 0.217. The number of alkyl halides is 3. The number of carbonyl (C=O) groups is 1. The molecule has 2 aromatic carbocycles. The smallest absolute Gasteiger partial charge is 0.417 e. The molecule has 0 fully saturated rings. The molecular formula is C23H17F3N2O5S. The number of ether oxygens (including phenoxy) is 4. The van der Waals surface area contributed by atoms with Crippen LogP contribution in [-0.4, -0.2) is 43.5 Å².